The van der Waals surface area contributed by atoms with Crippen molar-refractivity contribution in [3.05, 3.63) is 63.2 Å². The first-order chi connectivity index (χ1) is 12.4. The Bertz CT molecular complexity index is 829. The van der Waals surface area contributed by atoms with Gasteiger partial charge in [-0.3, -0.25) is 14.9 Å². The maximum Gasteiger partial charge on any atom is 0.270 e. The molecule has 2 aromatic rings. The summed E-state index contributed by atoms with van der Waals surface area (Å²) < 4.78 is 0. The first-order valence-electron chi connectivity index (χ1n) is 8.19. The number of halogens is 2. The predicted octanol–water partition coefficient (Wildman–Crippen LogP) is 4.29. The van der Waals surface area contributed by atoms with Gasteiger partial charge in [0.2, 0.25) is 0 Å². The van der Waals surface area contributed by atoms with Crippen molar-refractivity contribution < 1.29 is 9.72 Å². The largest absolute Gasteiger partial charge is 0.350 e. The lowest BCUT2D eigenvalue weighted by Gasteiger charge is -2.13. The number of nitrogens with one attached hydrogen (secondary N) is 1. The van der Waals surface area contributed by atoms with Gasteiger partial charge < -0.3 is 11.1 Å². The number of amides is 1. The van der Waals surface area contributed by atoms with Crippen molar-refractivity contribution in [2.24, 2.45) is 11.7 Å². The van der Waals surface area contributed by atoms with E-state index in [-0.39, 0.29) is 35.6 Å². The van der Waals surface area contributed by atoms with Crippen molar-refractivity contribution >= 4 is 47.4 Å². The molecule has 1 atom stereocenters. The number of hydrogen-bond donors (Lipinski definition) is 2. The molecule has 0 spiro atoms. The molecule has 1 saturated carbocycles. The van der Waals surface area contributed by atoms with Gasteiger partial charge >= 0.3 is 0 Å². The van der Waals surface area contributed by atoms with Crippen LogP contribution < -0.4 is 11.1 Å². The van der Waals surface area contributed by atoms with Gasteiger partial charge in [0.15, 0.2) is 0 Å². The number of rotatable bonds is 7. The standard InChI is InChI=1S/C18H18ClN3O3S.ClH/c19-12-3-6-14(7-4-12)26-17-8-5-13(22(24)25)9-15(17)18(23)21-10-16(20)11-1-2-11;/h3-9,11,16H,1-2,10,20H2,(H,21,23);1H. The van der Waals surface area contributed by atoms with Crippen molar-refractivity contribution in [1.82, 2.24) is 5.32 Å². The third kappa shape index (κ3) is 5.84. The SMILES string of the molecule is Cl.NC(CNC(=O)c1cc([N+](=O)[O-])ccc1Sc1ccc(Cl)cc1)C1CC1. The lowest BCUT2D eigenvalue weighted by molar-refractivity contribution is -0.384. The Hall–Kier alpha value is -1.80. The first-order valence-corrected chi connectivity index (χ1v) is 9.39. The van der Waals surface area contributed by atoms with E-state index in [9.17, 15) is 14.9 Å². The number of non-ortho nitro benzene ring substituents is 1. The van der Waals surface area contributed by atoms with E-state index in [2.05, 4.69) is 5.32 Å². The van der Waals surface area contributed by atoms with E-state index >= 15 is 0 Å². The molecule has 0 saturated heterocycles. The second-order valence-electron chi connectivity index (χ2n) is 6.20. The van der Waals surface area contributed by atoms with Crippen molar-refractivity contribution in [1.29, 1.82) is 0 Å². The van der Waals surface area contributed by atoms with Crippen LogP contribution >= 0.6 is 35.8 Å². The van der Waals surface area contributed by atoms with Gasteiger partial charge in [0.25, 0.3) is 11.6 Å². The van der Waals surface area contributed by atoms with Crippen LogP contribution in [0.1, 0.15) is 23.2 Å². The Morgan fingerprint density at radius 3 is 2.56 bits per heavy atom. The van der Waals surface area contributed by atoms with Crippen molar-refractivity contribution in [2.75, 3.05) is 6.54 Å². The molecule has 0 heterocycles. The molecule has 1 amide bonds. The van der Waals surface area contributed by atoms with Crippen LogP contribution in [0.4, 0.5) is 5.69 Å². The van der Waals surface area contributed by atoms with Crippen LogP contribution in [0.15, 0.2) is 52.3 Å². The van der Waals surface area contributed by atoms with E-state index in [1.165, 1.54) is 23.9 Å². The lowest BCUT2D eigenvalue weighted by Crippen LogP contribution is -2.38. The highest BCUT2D eigenvalue weighted by Gasteiger charge is 2.29. The zero-order valence-corrected chi connectivity index (χ0v) is 16.7. The van der Waals surface area contributed by atoms with Crippen LogP contribution in [-0.4, -0.2) is 23.4 Å². The fourth-order valence-electron chi connectivity index (χ4n) is 2.52. The van der Waals surface area contributed by atoms with E-state index in [4.69, 9.17) is 17.3 Å². The van der Waals surface area contributed by atoms with Gasteiger partial charge in [0.1, 0.15) is 0 Å². The fraction of sp³-hybridized carbons (Fsp3) is 0.278. The number of benzene rings is 2. The number of nitro groups is 1. The minimum Gasteiger partial charge on any atom is -0.350 e. The lowest BCUT2D eigenvalue weighted by atomic mass is 10.1. The highest BCUT2D eigenvalue weighted by atomic mass is 35.5. The summed E-state index contributed by atoms with van der Waals surface area (Å²) in [6.07, 6.45) is 2.18. The van der Waals surface area contributed by atoms with Crippen LogP contribution in [0.3, 0.4) is 0 Å². The number of hydrogen-bond acceptors (Lipinski definition) is 5. The van der Waals surface area contributed by atoms with Gasteiger partial charge in [-0.15, -0.1) is 12.4 Å². The Kier molecular flexibility index (Phi) is 7.49. The summed E-state index contributed by atoms with van der Waals surface area (Å²) in [5, 5.41) is 14.5. The Morgan fingerprint density at radius 1 is 1.30 bits per heavy atom. The molecule has 1 unspecified atom stereocenters. The summed E-state index contributed by atoms with van der Waals surface area (Å²) in [6.45, 7) is 0.358. The number of carbonyl (C=O) groups is 1. The zero-order chi connectivity index (χ0) is 18.7. The number of nitrogens with zero attached hydrogens (tertiary/aromatic N) is 1. The molecule has 2 aromatic carbocycles. The molecule has 0 radical (unpaired) electrons. The van der Waals surface area contributed by atoms with E-state index in [1.807, 2.05) is 12.1 Å². The molecule has 6 nitrogen and oxygen atoms in total. The third-order valence-corrected chi connectivity index (χ3v) is 5.52. The van der Waals surface area contributed by atoms with Gasteiger partial charge in [0.05, 0.1) is 10.5 Å². The molecule has 1 aliphatic carbocycles. The normalized spacial score (nSPS) is 14.1. The van der Waals surface area contributed by atoms with Gasteiger partial charge in [-0.2, -0.15) is 0 Å². The monoisotopic (exact) mass is 427 g/mol. The molecule has 144 valence electrons. The van der Waals surface area contributed by atoms with Crippen LogP contribution in [0, 0.1) is 16.0 Å². The van der Waals surface area contributed by atoms with Gasteiger partial charge in [-0.1, -0.05) is 23.4 Å². The Labute approximate surface area is 172 Å². The third-order valence-electron chi connectivity index (χ3n) is 4.19. The smallest absolute Gasteiger partial charge is 0.270 e. The number of nitrogens with two attached hydrogens (primary N) is 1. The molecular formula is C18H19Cl2N3O3S. The summed E-state index contributed by atoms with van der Waals surface area (Å²) in [5.41, 5.74) is 6.16. The van der Waals surface area contributed by atoms with Crippen molar-refractivity contribution in [3.8, 4) is 0 Å². The fourth-order valence-corrected chi connectivity index (χ4v) is 3.57. The predicted molar refractivity (Wildman–Crippen MR) is 109 cm³/mol. The topological polar surface area (TPSA) is 98.3 Å². The van der Waals surface area contributed by atoms with E-state index < -0.39 is 4.92 Å². The molecule has 0 bridgehead atoms. The molecular weight excluding hydrogens is 409 g/mol. The van der Waals surface area contributed by atoms with Gasteiger partial charge in [-0.25, -0.2) is 0 Å². The zero-order valence-electron chi connectivity index (χ0n) is 14.3. The van der Waals surface area contributed by atoms with E-state index in [0.29, 0.717) is 22.4 Å². The van der Waals surface area contributed by atoms with E-state index in [1.54, 1.807) is 18.2 Å². The second kappa shape index (κ2) is 9.41. The molecule has 9 heteroatoms. The first kappa shape index (κ1) is 21.5. The van der Waals surface area contributed by atoms with Gasteiger partial charge in [0, 0.05) is 39.5 Å². The summed E-state index contributed by atoms with van der Waals surface area (Å²) in [5.74, 6) is 0.101. The average Bonchev–Trinajstić information content (AvgIpc) is 3.46. The van der Waals surface area contributed by atoms with Crippen LogP contribution in [-0.2, 0) is 0 Å². The maximum absolute atomic E-state index is 12.6. The quantitative estimate of drug-likeness (QED) is 0.507. The molecule has 0 aliphatic heterocycles. The van der Waals surface area contributed by atoms with Crippen molar-refractivity contribution in [3.63, 3.8) is 0 Å². The second-order valence-corrected chi connectivity index (χ2v) is 7.76. The summed E-state index contributed by atoms with van der Waals surface area (Å²) in [4.78, 5) is 24.7. The average molecular weight is 428 g/mol. The molecule has 0 aromatic heterocycles. The van der Waals surface area contributed by atoms with Crippen LogP contribution in [0.5, 0.6) is 0 Å². The van der Waals surface area contributed by atoms with Gasteiger partial charge in [-0.05, 0) is 49.1 Å². The summed E-state index contributed by atoms with van der Waals surface area (Å²) >= 11 is 7.24. The van der Waals surface area contributed by atoms with E-state index in [0.717, 1.165) is 17.7 Å². The number of nitro benzene ring substituents is 1. The summed E-state index contributed by atoms with van der Waals surface area (Å²) in [6, 6.07) is 11.4. The molecule has 3 N–H and O–H groups in total. The molecule has 27 heavy (non-hydrogen) atoms. The van der Waals surface area contributed by atoms with Crippen molar-refractivity contribution in [2.45, 2.75) is 28.7 Å². The minimum atomic E-state index is -0.510. The molecule has 1 fully saturated rings. The van der Waals surface area contributed by atoms with Crippen LogP contribution in [0.25, 0.3) is 0 Å². The maximum atomic E-state index is 12.6. The highest BCUT2D eigenvalue weighted by molar-refractivity contribution is 7.99. The minimum absolute atomic E-state index is 0. The molecule has 3 rings (SSSR count). The summed E-state index contributed by atoms with van der Waals surface area (Å²) in [7, 11) is 0. The number of carbonyl (C=O) groups excluding carboxylic acids is 1. The molecule has 1 aliphatic rings. The highest BCUT2D eigenvalue weighted by Crippen LogP contribution is 2.34. The Morgan fingerprint density at radius 2 is 1.96 bits per heavy atom. The Balaban J connectivity index is 0.00000261. The van der Waals surface area contributed by atoms with Crippen LogP contribution in [0.2, 0.25) is 5.02 Å².